The number of benzene rings is 1. The maximum Gasteiger partial charge on any atom is 0.161 e. The zero-order valence-corrected chi connectivity index (χ0v) is 13.2. The van der Waals surface area contributed by atoms with E-state index in [4.69, 9.17) is 15.2 Å². The van der Waals surface area contributed by atoms with Crippen LogP contribution in [0.25, 0.3) is 0 Å². The molecule has 0 aliphatic rings. The second kappa shape index (κ2) is 6.43. The maximum absolute atomic E-state index is 6.33. The van der Waals surface area contributed by atoms with E-state index in [0.29, 0.717) is 23.3 Å². The third-order valence-corrected chi connectivity index (χ3v) is 4.17. The summed E-state index contributed by atoms with van der Waals surface area (Å²) < 4.78 is 11.5. The Labute approximate surface area is 118 Å². The second-order valence-electron chi connectivity index (χ2n) is 4.86. The Bertz CT molecular complexity index is 407. The van der Waals surface area contributed by atoms with Crippen LogP contribution in [0.1, 0.15) is 32.4 Å². The minimum absolute atomic E-state index is 0.0285. The van der Waals surface area contributed by atoms with Crippen LogP contribution in [-0.4, -0.2) is 14.2 Å². The highest BCUT2D eigenvalue weighted by molar-refractivity contribution is 9.10. The molecule has 2 atom stereocenters. The van der Waals surface area contributed by atoms with E-state index in [9.17, 15) is 0 Å². The van der Waals surface area contributed by atoms with E-state index in [2.05, 4.69) is 36.7 Å². The lowest BCUT2D eigenvalue weighted by Gasteiger charge is -2.25. The molecule has 0 saturated heterocycles. The molecular formula is C14H22BrNO2. The lowest BCUT2D eigenvalue weighted by Crippen LogP contribution is -2.23. The molecule has 0 aromatic heterocycles. The summed E-state index contributed by atoms with van der Waals surface area (Å²) in [6, 6.07) is 3.83. The van der Waals surface area contributed by atoms with Gasteiger partial charge in [0, 0.05) is 10.5 Å². The molecule has 2 N–H and O–H groups in total. The fourth-order valence-electron chi connectivity index (χ4n) is 1.82. The number of nitrogens with two attached hydrogens (primary N) is 1. The second-order valence-corrected chi connectivity index (χ2v) is 5.71. The summed E-state index contributed by atoms with van der Waals surface area (Å²) in [6.45, 7) is 6.52. The fraction of sp³-hybridized carbons (Fsp3) is 0.571. The first-order chi connectivity index (χ1) is 8.42. The van der Waals surface area contributed by atoms with Crippen molar-refractivity contribution in [3.63, 3.8) is 0 Å². The van der Waals surface area contributed by atoms with Crippen molar-refractivity contribution < 1.29 is 9.47 Å². The van der Waals surface area contributed by atoms with E-state index in [0.717, 1.165) is 10.0 Å². The molecule has 0 aliphatic carbocycles. The molecule has 0 aliphatic heterocycles. The average Bonchev–Trinajstić information content (AvgIpc) is 2.36. The Morgan fingerprint density at radius 3 is 2.00 bits per heavy atom. The monoisotopic (exact) mass is 315 g/mol. The Hall–Kier alpha value is -0.740. The van der Waals surface area contributed by atoms with E-state index in [1.54, 1.807) is 14.2 Å². The standard InChI is InChI=1S/C14H22BrNO2/c1-8(2)9(3)14(16)10-6-12(17-4)13(18-5)7-11(10)15/h6-9,14H,16H2,1-5H3. The van der Waals surface area contributed by atoms with Gasteiger partial charge >= 0.3 is 0 Å². The molecule has 0 fully saturated rings. The van der Waals surface area contributed by atoms with Crippen LogP contribution in [0.5, 0.6) is 11.5 Å². The van der Waals surface area contributed by atoms with Crippen LogP contribution in [-0.2, 0) is 0 Å². The molecule has 4 heteroatoms. The van der Waals surface area contributed by atoms with E-state index in [1.165, 1.54) is 0 Å². The van der Waals surface area contributed by atoms with Crippen molar-refractivity contribution in [1.82, 2.24) is 0 Å². The Morgan fingerprint density at radius 2 is 1.56 bits per heavy atom. The van der Waals surface area contributed by atoms with Crippen molar-refractivity contribution in [1.29, 1.82) is 0 Å². The summed E-state index contributed by atoms with van der Waals surface area (Å²) in [6.07, 6.45) is 0. The summed E-state index contributed by atoms with van der Waals surface area (Å²) in [7, 11) is 3.26. The number of hydrogen-bond donors (Lipinski definition) is 1. The number of rotatable bonds is 5. The Kier molecular flexibility index (Phi) is 5.47. The first-order valence-electron chi connectivity index (χ1n) is 6.09. The van der Waals surface area contributed by atoms with Gasteiger partial charge in [0.15, 0.2) is 11.5 Å². The van der Waals surface area contributed by atoms with Crippen LogP contribution in [0, 0.1) is 11.8 Å². The van der Waals surface area contributed by atoms with E-state index in [1.807, 2.05) is 12.1 Å². The average molecular weight is 316 g/mol. The predicted molar refractivity (Wildman–Crippen MR) is 78.2 cm³/mol. The third kappa shape index (κ3) is 3.18. The lowest BCUT2D eigenvalue weighted by atomic mass is 9.86. The van der Waals surface area contributed by atoms with Crippen LogP contribution in [0.15, 0.2) is 16.6 Å². The molecule has 1 aromatic rings. The molecular weight excluding hydrogens is 294 g/mol. The summed E-state index contributed by atoms with van der Waals surface area (Å²) in [5.74, 6) is 2.33. The molecule has 18 heavy (non-hydrogen) atoms. The largest absolute Gasteiger partial charge is 0.493 e. The van der Waals surface area contributed by atoms with Gasteiger partial charge in [-0.05, 0) is 29.5 Å². The fourth-order valence-corrected chi connectivity index (χ4v) is 2.41. The number of ether oxygens (including phenoxy) is 2. The molecule has 3 nitrogen and oxygen atoms in total. The minimum atomic E-state index is -0.0285. The molecule has 0 spiro atoms. The van der Waals surface area contributed by atoms with Gasteiger partial charge in [-0.2, -0.15) is 0 Å². The molecule has 0 saturated carbocycles. The zero-order chi connectivity index (χ0) is 13.9. The third-order valence-electron chi connectivity index (χ3n) is 3.48. The van der Waals surface area contributed by atoms with Gasteiger partial charge in [-0.1, -0.05) is 36.7 Å². The van der Waals surface area contributed by atoms with E-state index >= 15 is 0 Å². The van der Waals surface area contributed by atoms with Crippen molar-refractivity contribution >= 4 is 15.9 Å². The van der Waals surface area contributed by atoms with Crippen LogP contribution in [0.3, 0.4) is 0 Å². The van der Waals surface area contributed by atoms with Crippen LogP contribution >= 0.6 is 15.9 Å². The smallest absolute Gasteiger partial charge is 0.161 e. The minimum Gasteiger partial charge on any atom is -0.493 e. The van der Waals surface area contributed by atoms with Crippen molar-refractivity contribution in [2.75, 3.05) is 14.2 Å². The van der Waals surface area contributed by atoms with Crippen molar-refractivity contribution in [2.24, 2.45) is 17.6 Å². The molecule has 1 rings (SSSR count). The van der Waals surface area contributed by atoms with E-state index < -0.39 is 0 Å². The summed E-state index contributed by atoms with van der Waals surface area (Å²) in [4.78, 5) is 0. The molecule has 0 radical (unpaired) electrons. The molecule has 0 amide bonds. The van der Waals surface area contributed by atoms with Gasteiger partial charge in [0.1, 0.15) is 0 Å². The quantitative estimate of drug-likeness (QED) is 0.899. The van der Waals surface area contributed by atoms with Crippen LogP contribution < -0.4 is 15.2 Å². The van der Waals surface area contributed by atoms with Crippen molar-refractivity contribution in [3.05, 3.63) is 22.2 Å². The SMILES string of the molecule is COc1cc(Br)c(C(N)C(C)C(C)C)cc1OC. The zero-order valence-electron chi connectivity index (χ0n) is 11.7. The van der Waals surface area contributed by atoms with Gasteiger partial charge < -0.3 is 15.2 Å². The van der Waals surface area contributed by atoms with Crippen LogP contribution in [0.4, 0.5) is 0 Å². The Morgan fingerprint density at radius 1 is 1.06 bits per heavy atom. The molecule has 102 valence electrons. The molecule has 1 aromatic carbocycles. The van der Waals surface area contributed by atoms with Crippen LogP contribution in [0.2, 0.25) is 0 Å². The van der Waals surface area contributed by atoms with E-state index in [-0.39, 0.29) is 6.04 Å². The highest BCUT2D eigenvalue weighted by atomic mass is 79.9. The molecule has 0 bridgehead atoms. The lowest BCUT2D eigenvalue weighted by molar-refractivity contribution is 0.341. The number of halogens is 1. The maximum atomic E-state index is 6.33. The van der Waals surface area contributed by atoms with Gasteiger partial charge in [0.05, 0.1) is 14.2 Å². The highest BCUT2D eigenvalue weighted by Crippen LogP contribution is 2.38. The topological polar surface area (TPSA) is 44.5 Å². The van der Waals surface area contributed by atoms with Gasteiger partial charge in [-0.15, -0.1) is 0 Å². The van der Waals surface area contributed by atoms with Crippen molar-refractivity contribution in [3.8, 4) is 11.5 Å². The molecule has 0 heterocycles. The normalized spacial score (nSPS) is 14.4. The highest BCUT2D eigenvalue weighted by Gasteiger charge is 2.22. The predicted octanol–water partition coefficient (Wildman–Crippen LogP) is 3.76. The number of hydrogen-bond acceptors (Lipinski definition) is 3. The molecule has 2 unspecified atom stereocenters. The van der Waals surface area contributed by atoms with Gasteiger partial charge in [0.25, 0.3) is 0 Å². The summed E-state index contributed by atoms with van der Waals surface area (Å²) in [5.41, 5.74) is 7.38. The first-order valence-corrected chi connectivity index (χ1v) is 6.88. The summed E-state index contributed by atoms with van der Waals surface area (Å²) >= 11 is 3.55. The van der Waals surface area contributed by atoms with Gasteiger partial charge in [-0.25, -0.2) is 0 Å². The van der Waals surface area contributed by atoms with Crippen molar-refractivity contribution in [2.45, 2.75) is 26.8 Å². The first kappa shape index (κ1) is 15.3. The Balaban J connectivity index is 3.16. The number of methoxy groups -OCH3 is 2. The van der Waals surface area contributed by atoms with Gasteiger partial charge in [0.2, 0.25) is 0 Å². The van der Waals surface area contributed by atoms with Gasteiger partial charge in [-0.3, -0.25) is 0 Å². The summed E-state index contributed by atoms with van der Waals surface area (Å²) in [5, 5.41) is 0.